The molecule has 0 unspecified atom stereocenters. The summed E-state index contributed by atoms with van der Waals surface area (Å²) in [5.74, 6) is 1.60. The van der Waals surface area contributed by atoms with Crippen LogP contribution in [-0.2, 0) is 4.74 Å². The van der Waals surface area contributed by atoms with Crippen molar-refractivity contribution in [1.82, 2.24) is 0 Å². The van der Waals surface area contributed by atoms with Crippen LogP contribution in [0.3, 0.4) is 0 Å². The first-order valence-electron chi connectivity index (χ1n) is 11.1. The second-order valence-corrected chi connectivity index (χ2v) is 7.96. The number of allylic oxidation sites excluding steroid dienone is 1. The van der Waals surface area contributed by atoms with Crippen LogP contribution in [0.1, 0.15) is 94.6 Å². The molecule has 0 aliphatic heterocycles. The van der Waals surface area contributed by atoms with Gasteiger partial charge in [0.2, 0.25) is 0 Å². The predicted octanol–water partition coefficient (Wildman–Crippen LogP) is 7.16. The minimum Gasteiger partial charge on any atom is -0.381 e. The Bertz CT molecular complexity index is 561. The Hall–Kier alpha value is -1.59. The van der Waals surface area contributed by atoms with E-state index >= 15 is 0 Å². The third kappa shape index (κ3) is 8.76. The summed E-state index contributed by atoms with van der Waals surface area (Å²) in [6, 6.07) is 10.4. The lowest BCUT2D eigenvalue weighted by atomic mass is 9.77. The Kier molecular flexibility index (Phi) is 10.9. The predicted molar refractivity (Wildman–Crippen MR) is 114 cm³/mol. The first-order chi connectivity index (χ1) is 13.3. The molecule has 1 aromatic rings. The maximum Gasteiger partial charge on any atom is 0.0991 e. The van der Waals surface area contributed by atoms with Gasteiger partial charge in [0.1, 0.15) is 0 Å². The van der Waals surface area contributed by atoms with E-state index in [0.717, 1.165) is 31.1 Å². The van der Waals surface area contributed by atoms with Gasteiger partial charge in [0, 0.05) is 6.61 Å². The van der Waals surface area contributed by atoms with Crippen LogP contribution in [0.25, 0.3) is 0 Å². The van der Waals surface area contributed by atoms with Crippen LogP contribution in [0.2, 0.25) is 0 Å². The molecule has 0 bridgehead atoms. The summed E-state index contributed by atoms with van der Waals surface area (Å²) in [6.07, 6.45) is 18.6. The van der Waals surface area contributed by atoms with Crippen molar-refractivity contribution in [1.29, 1.82) is 5.26 Å². The quantitative estimate of drug-likeness (QED) is 0.290. The molecular weight excluding hydrogens is 330 g/mol. The van der Waals surface area contributed by atoms with Crippen molar-refractivity contribution in [3.63, 3.8) is 0 Å². The molecule has 1 saturated carbocycles. The fraction of sp³-hybridized carbons (Fsp3) is 0.640. The van der Waals surface area contributed by atoms with Crippen LogP contribution >= 0.6 is 0 Å². The van der Waals surface area contributed by atoms with Crippen LogP contribution in [0.5, 0.6) is 0 Å². The molecule has 2 rings (SSSR count). The van der Waals surface area contributed by atoms with Crippen molar-refractivity contribution in [2.45, 2.75) is 83.5 Å². The summed E-state index contributed by atoms with van der Waals surface area (Å²) in [5, 5.41) is 8.91. The maximum absolute atomic E-state index is 8.91. The number of hydrogen-bond acceptors (Lipinski definition) is 2. The summed E-state index contributed by atoms with van der Waals surface area (Å²) in [5.41, 5.74) is 2.19. The summed E-state index contributed by atoms with van der Waals surface area (Å²) in [7, 11) is 0. The molecule has 148 valence electrons. The molecule has 0 atom stereocenters. The molecule has 0 N–H and O–H groups in total. The Balaban J connectivity index is 1.48. The molecule has 0 amide bonds. The molecule has 1 aromatic carbocycles. The molecule has 1 aliphatic carbocycles. The lowest BCUT2D eigenvalue weighted by molar-refractivity contribution is 0.132. The van der Waals surface area contributed by atoms with Crippen LogP contribution < -0.4 is 0 Å². The van der Waals surface area contributed by atoms with Crippen LogP contribution in [0, 0.1) is 17.2 Å². The number of benzene rings is 1. The van der Waals surface area contributed by atoms with Gasteiger partial charge in [0.25, 0.3) is 0 Å². The molecule has 0 radical (unpaired) electrons. The van der Waals surface area contributed by atoms with E-state index in [-0.39, 0.29) is 0 Å². The van der Waals surface area contributed by atoms with Crippen molar-refractivity contribution in [2.24, 2.45) is 5.92 Å². The molecule has 2 heteroatoms. The van der Waals surface area contributed by atoms with E-state index in [1.807, 2.05) is 12.1 Å². The van der Waals surface area contributed by atoms with Crippen LogP contribution in [-0.4, -0.2) is 13.2 Å². The molecular formula is C25H37NO. The van der Waals surface area contributed by atoms with Gasteiger partial charge >= 0.3 is 0 Å². The molecule has 0 saturated heterocycles. The van der Waals surface area contributed by atoms with Gasteiger partial charge in [-0.25, -0.2) is 0 Å². The smallest absolute Gasteiger partial charge is 0.0991 e. The van der Waals surface area contributed by atoms with Gasteiger partial charge in [-0.15, -0.1) is 0 Å². The molecule has 2 nitrogen and oxygen atoms in total. The average Bonchev–Trinajstić information content (AvgIpc) is 2.72. The van der Waals surface area contributed by atoms with E-state index in [1.54, 1.807) is 0 Å². The Morgan fingerprint density at radius 2 is 1.70 bits per heavy atom. The number of rotatable bonds is 12. The SMILES string of the molecule is CCCC/C=C/CCOCCCCC1CCC(c2ccc(C#N)cc2)CC1. The van der Waals surface area contributed by atoms with Crippen molar-refractivity contribution in [3.05, 3.63) is 47.5 Å². The highest BCUT2D eigenvalue weighted by Gasteiger charge is 2.21. The fourth-order valence-electron chi connectivity index (χ4n) is 4.06. The Morgan fingerprint density at radius 3 is 2.41 bits per heavy atom. The van der Waals surface area contributed by atoms with Gasteiger partial charge in [-0.1, -0.05) is 56.9 Å². The molecule has 27 heavy (non-hydrogen) atoms. The van der Waals surface area contributed by atoms with E-state index < -0.39 is 0 Å². The zero-order chi connectivity index (χ0) is 19.2. The van der Waals surface area contributed by atoms with E-state index in [2.05, 4.69) is 37.3 Å². The second kappa shape index (κ2) is 13.6. The van der Waals surface area contributed by atoms with Crippen molar-refractivity contribution < 1.29 is 4.74 Å². The average molecular weight is 368 g/mol. The Morgan fingerprint density at radius 1 is 0.963 bits per heavy atom. The van der Waals surface area contributed by atoms with Crippen LogP contribution in [0.15, 0.2) is 36.4 Å². The molecule has 0 heterocycles. The lowest BCUT2D eigenvalue weighted by Gasteiger charge is -2.29. The van der Waals surface area contributed by atoms with Gasteiger partial charge in [0.05, 0.1) is 18.2 Å². The number of ether oxygens (including phenoxy) is 1. The van der Waals surface area contributed by atoms with Gasteiger partial charge < -0.3 is 4.74 Å². The second-order valence-electron chi connectivity index (χ2n) is 7.96. The minimum atomic E-state index is 0.697. The summed E-state index contributed by atoms with van der Waals surface area (Å²) in [4.78, 5) is 0. The molecule has 1 fully saturated rings. The monoisotopic (exact) mass is 367 g/mol. The highest BCUT2D eigenvalue weighted by atomic mass is 16.5. The Labute approximate surface area is 166 Å². The lowest BCUT2D eigenvalue weighted by Crippen LogP contribution is -2.13. The first kappa shape index (κ1) is 21.7. The number of nitriles is 1. The highest BCUT2D eigenvalue weighted by Crippen LogP contribution is 2.37. The normalized spacial score (nSPS) is 20.0. The standard InChI is InChI=1S/C25H37NO/c1-2-3-4-5-6-8-19-27-20-9-7-10-22-11-15-24(16-12-22)25-17-13-23(21-26)14-18-25/h5-6,13-14,17-18,22,24H,2-4,7-12,15-16,19-20H2,1H3/b6-5+. The minimum absolute atomic E-state index is 0.697. The van der Waals surface area contributed by atoms with Gasteiger partial charge in [-0.2, -0.15) is 5.26 Å². The molecule has 0 aromatic heterocycles. The molecule has 0 spiro atoms. The first-order valence-corrected chi connectivity index (χ1v) is 11.1. The zero-order valence-electron chi connectivity index (χ0n) is 17.2. The van der Waals surface area contributed by atoms with Crippen molar-refractivity contribution in [3.8, 4) is 6.07 Å². The van der Waals surface area contributed by atoms with Crippen LogP contribution in [0.4, 0.5) is 0 Å². The van der Waals surface area contributed by atoms with Gasteiger partial charge in [-0.3, -0.25) is 0 Å². The number of nitrogens with zero attached hydrogens (tertiary/aromatic N) is 1. The van der Waals surface area contributed by atoms with Crippen molar-refractivity contribution in [2.75, 3.05) is 13.2 Å². The fourth-order valence-corrected chi connectivity index (χ4v) is 4.06. The largest absolute Gasteiger partial charge is 0.381 e. The van der Waals surface area contributed by atoms with E-state index in [4.69, 9.17) is 10.00 Å². The van der Waals surface area contributed by atoms with Crippen molar-refractivity contribution >= 4 is 0 Å². The van der Waals surface area contributed by atoms with Gasteiger partial charge in [-0.05, 0) is 74.5 Å². The van der Waals surface area contributed by atoms with Gasteiger partial charge in [0.15, 0.2) is 0 Å². The van der Waals surface area contributed by atoms with E-state index in [0.29, 0.717) is 5.92 Å². The zero-order valence-corrected chi connectivity index (χ0v) is 17.2. The number of unbranched alkanes of at least 4 members (excludes halogenated alkanes) is 3. The molecule has 1 aliphatic rings. The third-order valence-corrected chi connectivity index (χ3v) is 5.83. The van der Waals surface area contributed by atoms with E-state index in [1.165, 1.54) is 69.8 Å². The highest BCUT2D eigenvalue weighted by molar-refractivity contribution is 5.33. The maximum atomic E-state index is 8.91. The van der Waals surface area contributed by atoms with E-state index in [9.17, 15) is 0 Å². The third-order valence-electron chi connectivity index (χ3n) is 5.83. The summed E-state index contributed by atoms with van der Waals surface area (Å²) >= 11 is 0. The topological polar surface area (TPSA) is 33.0 Å². The number of hydrogen-bond donors (Lipinski definition) is 0. The summed E-state index contributed by atoms with van der Waals surface area (Å²) < 4.78 is 5.75. The summed E-state index contributed by atoms with van der Waals surface area (Å²) in [6.45, 7) is 4.03.